The third-order valence-electron chi connectivity index (χ3n) is 3.63. The van der Waals surface area contributed by atoms with E-state index in [0.717, 1.165) is 13.0 Å². The average Bonchev–Trinajstić information content (AvgIpc) is 3.15. The van der Waals surface area contributed by atoms with E-state index < -0.39 is 0 Å². The van der Waals surface area contributed by atoms with E-state index in [1.165, 1.54) is 11.1 Å². The highest BCUT2D eigenvalue weighted by Gasteiger charge is 2.21. The summed E-state index contributed by atoms with van der Waals surface area (Å²) in [5.41, 5.74) is 3.56. The molecule has 1 N–H and O–H groups in total. The van der Waals surface area contributed by atoms with Crippen LogP contribution >= 0.6 is 12.4 Å². The van der Waals surface area contributed by atoms with E-state index in [0.29, 0.717) is 17.7 Å². The molecule has 0 fully saturated rings. The van der Waals surface area contributed by atoms with Gasteiger partial charge in [0.1, 0.15) is 5.75 Å². The lowest BCUT2D eigenvalue weighted by molar-refractivity contribution is 0.0971. The molecule has 0 bridgehead atoms. The second kappa shape index (κ2) is 7.43. The number of benzene rings is 2. The van der Waals surface area contributed by atoms with Gasteiger partial charge < -0.3 is 4.74 Å². The Morgan fingerprint density at radius 2 is 1.86 bits per heavy atom. The molecule has 0 saturated heterocycles. The van der Waals surface area contributed by atoms with Crippen molar-refractivity contribution < 1.29 is 9.53 Å². The predicted octanol–water partition coefficient (Wildman–Crippen LogP) is 4.07. The zero-order valence-corrected chi connectivity index (χ0v) is 13.4. The monoisotopic (exact) mass is 317 g/mol. The summed E-state index contributed by atoms with van der Waals surface area (Å²) in [5, 5.41) is 3.21. The molecule has 22 heavy (non-hydrogen) atoms. The van der Waals surface area contributed by atoms with Gasteiger partial charge in [-0.3, -0.25) is 10.1 Å². The maximum atomic E-state index is 11.7. The third kappa shape index (κ3) is 3.87. The van der Waals surface area contributed by atoms with E-state index in [4.69, 9.17) is 4.74 Å². The first-order chi connectivity index (χ1) is 10.3. The fourth-order valence-corrected chi connectivity index (χ4v) is 2.46. The standard InChI is InChI=1S/C12H15NO2.C6H4.ClH/c1-2-13-12-8-7-10(14)9-5-3-4-6-11(9)15-12;1-2-5-4-6(5)3-1;/h3-6,12-13H,2,7-8H2,1H3;1-4H;1H. The topological polar surface area (TPSA) is 38.3 Å². The smallest absolute Gasteiger partial charge is 0.166 e. The minimum atomic E-state index is -0.0393. The van der Waals surface area contributed by atoms with Crippen LogP contribution in [0.25, 0.3) is 11.1 Å². The van der Waals surface area contributed by atoms with Crippen molar-refractivity contribution in [2.24, 2.45) is 0 Å². The van der Waals surface area contributed by atoms with E-state index in [-0.39, 0.29) is 24.4 Å². The molecule has 1 unspecified atom stereocenters. The van der Waals surface area contributed by atoms with Crippen molar-refractivity contribution in [3.63, 3.8) is 0 Å². The molecule has 1 aromatic carbocycles. The number of hydrogen-bond acceptors (Lipinski definition) is 3. The predicted molar refractivity (Wildman–Crippen MR) is 90.8 cm³/mol. The highest BCUT2D eigenvalue weighted by molar-refractivity contribution is 5.98. The first-order valence-corrected chi connectivity index (χ1v) is 7.40. The van der Waals surface area contributed by atoms with Crippen molar-refractivity contribution in [3.8, 4) is 16.9 Å². The van der Waals surface area contributed by atoms with Gasteiger partial charge in [-0.15, -0.1) is 12.4 Å². The minimum absolute atomic E-state index is 0. The lowest BCUT2D eigenvalue weighted by atomic mass is 10.1. The Bertz CT molecular complexity index is 640. The summed E-state index contributed by atoms with van der Waals surface area (Å²) in [6.45, 7) is 2.88. The molecule has 1 aromatic rings. The van der Waals surface area contributed by atoms with E-state index in [9.17, 15) is 4.79 Å². The molecule has 0 saturated carbocycles. The second-order valence-electron chi connectivity index (χ2n) is 5.20. The molecule has 0 aromatic heterocycles. The molecule has 3 nitrogen and oxygen atoms in total. The lowest BCUT2D eigenvalue weighted by Crippen LogP contribution is -2.33. The van der Waals surface area contributed by atoms with E-state index in [1.54, 1.807) is 0 Å². The summed E-state index contributed by atoms with van der Waals surface area (Å²) in [6, 6.07) is 15.9. The molecule has 1 aliphatic heterocycles. The van der Waals surface area contributed by atoms with Gasteiger partial charge in [-0.25, -0.2) is 0 Å². The van der Waals surface area contributed by atoms with Crippen molar-refractivity contribution in [2.75, 3.05) is 6.54 Å². The van der Waals surface area contributed by atoms with E-state index in [1.807, 2.05) is 31.2 Å². The van der Waals surface area contributed by atoms with Crippen molar-refractivity contribution in [1.29, 1.82) is 0 Å². The van der Waals surface area contributed by atoms with Crippen LogP contribution in [0.3, 0.4) is 0 Å². The highest BCUT2D eigenvalue weighted by atomic mass is 35.5. The van der Waals surface area contributed by atoms with E-state index in [2.05, 4.69) is 29.6 Å². The zero-order valence-electron chi connectivity index (χ0n) is 12.5. The van der Waals surface area contributed by atoms with Crippen molar-refractivity contribution >= 4 is 18.2 Å². The van der Waals surface area contributed by atoms with Crippen molar-refractivity contribution in [1.82, 2.24) is 5.32 Å². The highest BCUT2D eigenvalue weighted by Crippen LogP contribution is 2.32. The number of fused-ring (bicyclic) bond motifs is 2. The largest absolute Gasteiger partial charge is 0.475 e. The number of rotatable bonds is 2. The molecule has 2 aliphatic carbocycles. The first-order valence-electron chi connectivity index (χ1n) is 7.40. The summed E-state index contributed by atoms with van der Waals surface area (Å²) in [6.07, 6.45) is 1.25. The normalized spacial score (nSPS) is 17.0. The third-order valence-corrected chi connectivity index (χ3v) is 3.63. The fourth-order valence-electron chi connectivity index (χ4n) is 2.46. The van der Waals surface area contributed by atoms with Crippen LogP contribution in [0, 0.1) is 0 Å². The number of halogens is 1. The number of carbonyl (C=O) groups excluding carboxylic acids is 1. The quantitative estimate of drug-likeness (QED) is 0.774. The molecule has 116 valence electrons. The molecule has 0 amide bonds. The Hall–Kier alpha value is -1.84. The van der Waals surface area contributed by atoms with Gasteiger partial charge in [0.25, 0.3) is 0 Å². The Morgan fingerprint density at radius 1 is 1.14 bits per heavy atom. The van der Waals surface area contributed by atoms with Gasteiger partial charge in [-0.05, 0) is 35.9 Å². The summed E-state index contributed by atoms with van der Waals surface area (Å²) in [7, 11) is 0. The molecule has 1 atom stereocenters. The molecular formula is C18H20ClNO2. The second-order valence-corrected chi connectivity index (χ2v) is 5.20. The number of para-hydroxylation sites is 1. The Labute approximate surface area is 137 Å². The van der Waals surface area contributed by atoms with Crippen molar-refractivity contribution in [3.05, 3.63) is 54.1 Å². The minimum Gasteiger partial charge on any atom is -0.475 e. The van der Waals surface area contributed by atoms with Crippen LogP contribution in [0.2, 0.25) is 0 Å². The zero-order chi connectivity index (χ0) is 14.7. The maximum Gasteiger partial charge on any atom is 0.166 e. The van der Waals surface area contributed by atoms with Crippen LogP contribution < -0.4 is 10.1 Å². The summed E-state index contributed by atoms with van der Waals surface area (Å²) in [5.74, 6) is 0.872. The molecule has 4 heteroatoms. The van der Waals surface area contributed by atoms with Crippen LogP contribution in [0.1, 0.15) is 30.1 Å². The Kier molecular flexibility index (Phi) is 5.58. The number of Topliss-reactive ketones (excluding diaryl/α,β-unsaturated/α-hetero) is 1. The Morgan fingerprint density at radius 3 is 2.45 bits per heavy atom. The molecule has 0 spiro atoms. The lowest BCUT2D eigenvalue weighted by Gasteiger charge is -2.17. The number of ether oxygens (including phenoxy) is 1. The van der Waals surface area contributed by atoms with Gasteiger partial charge in [0.2, 0.25) is 0 Å². The van der Waals surface area contributed by atoms with Crippen LogP contribution in [-0.2, 0) is 0 Å². The van der Waals surface area contributed by atoms with Gasteiger partial charge >= 0.3 is 0 Å². The van der Waals surface area contributed by atoms with Gasteiger partial charge in [-0.2, -0.15) is 0 Å². The average molecular weight is 318 g/mol. The van der Waals surface area contributed by atoms with Crippen LogP contribution in [0.15, 0.2) is 48.5 Å². The summed E-state index contributed by atoms with van der Waals surface area (Å²) >= 11 is 0. The molecular weight excluding hydrogens is 298 g/mol. The Balaban J connectivity index is 0.000000209. The molecule has 1 heterocycles. The van der Waals surface area contributed by atoms with Gasteiger partial charge in [0, 0.05) is 12.8 Å². The van der Waals surface area contributed by atoms with Crippen LogP contribution in [0.5, 0.6) is 5.75 Å². The number of carbonyl (C=O) groups is 1. The number of ketones is 1. The molecule has 3 aliphatic rings. The molecule has 4 rings (SSSR count). The van der Waals surface area contributed by atoms with Crippen molar-refractivity contribution in [2.45, 2.75) is 26.0 Å². The van der Waals surface area contributed by atoms with Crippen LogP contribution in [0.4, 0.5) is 0 Å². The van der Waals surface area contributed by atoms with Gasteiger partial charge in [0.05, 0.1) is 5.56 Å². The maximum absolute atomic E-state index is 11.7. The fraction of sp³-hybridized carbons (Fsp3) is 0.278. The first kappa shape index (κ1) is 16.5. The van der Waals surface area contributed by atoms with Crippen LogP contribution in [-0.4, -0.2) is 18.6 Å². The van der Waals surface area contributed by atoms with Gasteiger partial charge in [-0.1, -0.05) is 37.3 Å². The summed E-state index contributed by atoms with van der Waals surface area (Å²) in [4.78, 5) is 11.7. The van der Waals surface area contributed by atoms with Gasteiger partial charge in [0.15, 0.2) is 12.0 Å². The number of hydrogen-bond donors (Lipinski definition) is 1. The van der Waals surface area contributed by atoms with E-state index >= 15 is 0 Å². The summed E-state index contributed by atoms with van der Waals surface area (Å²) < 4.78 is 5.74. The number of nitrogens with one attached hydrogen (secondary N) is 1. The SMILES string of the molecule is CCNC1CCC(=O)c2ccccc2O1.Cl.c1cc2cc-2c1. The molecule has 0 radical (unpaired) electrons.